The van der Waals surface area contributed by atoms with E-state index < -0.39 is 5.97 Å². The zero-order chi connectivity index (χ0) is 19.7. The third-order valence-electron chi connectivity index (χ3n) is 4.67. The predicted octanol–water partition coefficient (Wildman–Crippen LogP) is 5.90. The van der Waals surface area contributed by atoms with Crippen molar-refractivity contribution in [1.29, 1.82) is 0 Å². The summed E-state index contributed by atoms with van der Waals surface area (Å²) in [6.45, 7) is 3.89. The molecular weight excluding hydrogens is 375 g/mol. The van der Waals surface area contributed by atoms with Gasteiger partial charge in [-0.15, -0.1) is 0 Å². The summed E-state index contributed by atoms with van der Waals surface area (Å²) in [4.78, 5) is 22.0. The van der Waals surface area contributed by atoms with Crippen molar-refractivity contribution < 1.29 is 14.0 Å². The highest BCUT2D eigenvalue weighted by Crippen LogP contribution is 2.29. The number of carbonyl (C=O) groups excluding carboxylic acids is 1. The van der Waals surface area contributed by atoms with Gasteiger partial charge in [0.05, 0.1) is 15.8 Å². The number of rotatable bonds is 4. The zero-order valence-electron chi connectivity index (χ0n) is 15.3. The summed E-state index contributed by atoms with van der Waals surface area (Å²) in [7, 11) is 0. The zero-order valence-corrected chi connectivity index (χ0v) is 16.1. The van der Waals surface area contributed by atoms with Gasteiger partial charge in [-0.2, -0.15) is 5.48 Å². The SMILES string of the molecule is Cc1c(C(=O)ONc2nc3ccc(F)cc3s2)ccc(-c2ccccc2)c1C. The van der Waals surface area contributed by atoms with Crippen LogP contribution in [0.15, 0.2) is 60.7 Å². The molecule has 4 rings (SSSR count). The lowest BCUT2D eigenvalue weighted by molar-refractivity contribution is 0.0595. The van der Waals surface area contributed by atoms with Crippen molar-refractivity contribution >= 4 is 32.7 Å². The first-order valence-electron chi connectivity index (χ1n) is 8.72. The number of aromatic nitrogens is 1. The summed E-state index contributed by atoms with van der Waals surface area (Å²) in [6, 6.07) is 18.0. The molecule has 0 aliphatic heterocycles. The molecule has 4 aromatic rings. The number of hydrogen-bond donors (Lipinski definition) is 1. The van der Waals surface area contributed by atoms with Gasteiger partial charge < -0.3 is 4.84 Å². The Bertz CT molecular complexity index is 1170. The van der Waals surface area contributed by atoms with Crippen LogP contribution < -0.4 is 5.48 Å². The molecule has 1 aromatic heterocycles. The molecule has 0 saturated carbocycles. The molecular formula is C22H17FN2O2S. The molecule has 4 nitrogen and oxygen atoms in total. The van der Waals surface area contributed by atoms with Crippen LogP contribution in [0.25, 0.3) is 21.3 Å². The summed E-state index contributed by atoms with van der Waals surface area (Å²) < 4.78 is 14.0. The van der Waals surface area contributed by atoms with Crippen molar-refractivity contribution in [1.82, 2.24) is 4.98 Å². The molecule has 0 bridgehead atoms. The molecule has 28 heavy (non-hydrogen) atoms. The number of benzene rings is 3. The summed E-state index contributed by atoms with van der Waals surface area (Å²) in [5, 5.41) is 0.393. The first-order chi connectivity index (χ1) is 13.5. The summed E-state index contributed by atoms with van der Waals surface area (Å²) >= 11 is 1.22. The van der Waals surface area contributed by atoms with Crippen LogP contribution in [0.5, 0.6) is 0 Å². The quantitative estimate of drug-likeness (QED) is 0.439. The fourth-order valence-corrected chi connectivity index (χ4v) is 3.88. The first kappa shape index (κ1) is 18.1. The van der Waals surface area contributed by atoms with Crippen LogP contribution in [0.3, 0.4) is 0 Å². The van der Waals surface area contributed by atoms with Gasteiger partial charge in [-0.25, -0.2) is 14.2 Å². The largest absolute Gasteiger partial charge is 0.363 e. The van der Waals surface area contributed by atoms with Gasteiger partial charge >= 0.3 is 5.97 Å². The van der Waals surface area contributed by atoms with E-state index in [0.717, 1.165) is 22.3 Å². The van der Waals surface area contributed by atoms with Crippen molar-refractivity contribution in [3.8, 4) is 11.1 Å². The number of fused-ring (bicyclic) bond motifs is 1. The molecule has 0 spiro atoms. The van der Waals surface area contributed by atoms with E-state index in [9.17, 15) is 9.18 Å². The van der Waals surface area contributed by atoms with E-state index in [1.54, 1.807) is 12.1 Å². The molecule has 6 heteroatoms. The number of carbonyl (C=O) groups is 1. The van der Waals surface area contributed by atoms with Crippen LogP contribution in [-0.4, -0.2) is 11.0 Å². The molecule has 1 N–H and O–H groups in total. The molecule has 1 heterocycles. The van der Waals surface area contributed by atoms with Crippen molar-refractivity contribution in [2.45, 2.75) is 13.8 Å². The lowest BCUT2D eigenvalue weighted by Gasteiger charge is -2.13. The maximum absolute atomic E-state index is 13.3. The lowest BCUT2D eigenvalue weighted by Crippen LogP contribution is -2.12. The minimum absolute atomic E-state index is 0.329. The molecule has 0 saturated heterocycles. The minimum Gasteiger partial charge on any atom is -0.336 e. The van der Waals surface area contributed by atoms with Gasteiger partial charge in [0.1, 0.15) is 5.82 Å². The Morgan fingerprint density at radius 1 is 1.04 bits per heavy atom. The lowest BCUT2D eigenvalue weighted by atomic mass is 9.94. The van der Waals surface area contributed by atoms with E-state index in [4.69, 9.17) is 4.84 Å². The molecule has 140 valence electrons. The molecule has 0 aliphatic rings. The van der Waals surface area contributed by atoms with E-state index in [1.807, 2.05) is 50.2 Å². The third kappa shape index (κ3) is 3.46. The van der Waals surface area contributed by atoms with E-state index in [-0.39, 0.29) is 5.82 Å². The molecule has 0 atom stereocenters. The van der Waals surface area contributed by atoms with Crippen LogP contribution >= 0.6 is 11.3 Å². The van der Waals surface area contributed by atoms with Gasteiger partial charge in [-0.1, -0.05) is 47.7 Å². The molecule has 0 unspecified atom stereocenters. The van der Waals surface area contributed by atoms with Crippen LogP contribution in [0.2, 0.25) is 0 Å². The van der Waals surface area contributed by atoms with Gasteiger partial charge in [0.25, 0.3) is 0 Å². The summed E-state index contributed by atoms with van der Waals surface area (Å²) in [5.41, 5.74) is 7.77. The van der Waals surface area contributed by atoms with Crippen molar-refractivity contribution in [2.24, 2.45) is 0 Å². The number of anilines is 1. The second-order valence-corrected chi connectivity index (χ2v) is 7.43. The van der Waals surface area contributed by atoms with Gasteiger partial charge in [-0.3, -0.25) is 0 Å². The fourth-order valence-electron chi connectivity index (χ4n) is 3.06. The molecule has 0 aliphatic carbocycles. The Kier molecular flexibility index (Phi) is 4.79. The van der Waals surface area contributed by atoms with E-state index in [1.165, 1.54) is 23.5 Å². The second-order valence-electron chi connectivity index (χ2n) is 6.40. The van der Waals surface area contributed by atoms with Crippen LogP contribution in [0.1, 0.15) is 21.5 Å². The Morgan fingerprint density at radius 3 is 2.61 bits per heavy atom. The Labute approximate surface area is 165 Å². The number of halogens is 1. The average Bonchev–Trinajstić information content (AvgIpc) is 3.11. The maximum Gasteiger partial charge on any atom is 0.363 e. The maximum atomic E-state index is 13.3. The third-order valence-corrected chi connectivity index (χ3v) is 5.59. The summed E-state index contributed by atoms with van der Waals surface area (Å²) in [5.74, 6) is -0.824. The first-order valence-corrected chi connectivity index (χ1v) is 9.53. The number of hydrogen-bond acceptors (Lipinski definition) is 5. The van der Waals surface area contributed by atoms with Gasteiger partial charge in [-0.05, 0) is 60.4 Å². The minimum atomic E-state index is -0.495. The van der Waals surface area contributed by atoms with Crippen LogP contribution in [0.4, 0.5) is 9.52 Å². The average molecular weight is 392 g/mol. The van der Waals surface area contributed by atoms with E-state index in [2.05, 4.69) is 10.5 Å². The van der Waals surface area contributed by atoms with Crippen molar-refractivity contribution in [2.75, 3.05) is 5.48 Å². The molecule has 0 amide bonds. The Balaban J connectivity index is 1.53. The van der Waals surface area contributed by atoms with Crippen molar-refractivity contribution in [3.05, 3.63) is 83.2 Å². The predicted molar refractivity (Wildman–Crippen MR) is 110 cm³/mol. The van der Waals surface area contributed by atoms with E-state index >= 15 is 0 Å². The van der Waals surface area contributed by atoms with Gasteiger partial charge in [0.2, 0.25) is 5.13 Å². The number of nitrogens with one attached hydrogen (secondary N) is 1. The van der Waals surface area contributed by atoms with Gasteiger partial charge in [0.15, 0.2) is 0 Å². The Hall–Kier alpha value is -3.25. The molecule has 3 aromatic carbocycles. The second kappa shape index (κ2) is 7.40. The van der Waals surface area contributed by atoms with Gasteiger partial charge in [0, 0.05) is 0 Å². The summed E-state index contributed by atoms with van der Waals surface area (Å²) in [6.07, 6.45) is 0. The normalized spacial score (nSPS) is 10.8. The molecule has 0 radical (unpaired) electrons. The highest BCUT2D eigenvalue weighted by molar-refractivity contribution is 7.22. The number of thiazole rings is 1. The fraction of sp³-hybridized carbons (Fsp3) is 0.0909. The highest BCUT2D eigenvalue weighted by atomic mass is 32.1. The monoisotopic (exact) mass is 392 g/mol. The highest BCUT2D eigenvalue weighted by Gasteiger charge is 2.16. The standard InChI is InChI=1S/C22H17FN2O2S/c1-13-14(2)18(10-9-17(13)15-6-4-3-5-7-15)21(26)27-25-22-24-19-11-8-16(23)12-20(19)28-22/h3-12H,1-2H3,(H,24,25). The number of nitrogens with zero attached hydrogens (tertiary/aromatic N) is 1. The van der Waals surface area contributed by atoms with E-state index in [0.29, 0.717) is 20.9 Å². The van der Waals surface area contributed by atoms with Crippen LogP contribution in [-0.2, 0) is 4.84 Å². The Morgan fingerprint density at radius 2 is 1.82 bits per heavy atom. The molecule has 0 fully saturated rings. The smallest absolute Gasteiger partial charge is 0.336 e. The topological polar surface area (TPSA) is 51.2 Å². The van der Waals surface area contributed by atoms with Crippen LogP contribution in [0, 0.1) is 19.7 Å². The van der Waals surface area contributed by atoms with Crippen molar-refractivity contribution in [3.63, 3.8) is 0 Å².